The van der Waals surface area contributed by atoms with Crippen molar-refractivity contribution in [2.75, 3.05) is 4.90 Å². The van der Waals surface area contributed by atoms with E-state index in [1.807, 2.05) is 19.1 Å². The van der Waals surface area contributed by atoms with E-state index in [0.29, 0.717) is 12.2 Å². The number of fused-ring (bicyclic) bond motifs is 2. The second-order valence-corrected chi connectivity index (χ2v) is 8.18. The van der Waals surface area contributed by atoms with Crippen LogP contribution < -0.4 is 9.64 Å². The molecule has 0 saturated carbocycles. The van der Waals surface area contributed by atoms with Crippen molar-refractivity contribution < 1.29 is 9.53 Å². The number of benzene rings is 5. The molecule has 0 unspecified atom stereocenters. The van der Waals surface area contributed by atoms with Crippen LogP contribution in [-0.4, -0.2) is 5.97 Å². The first-order chi connectivity index (χ1) is 16.1. The molecular weight excluding hydrogens is 406 g/mol. The number of anilines is 3. The number of nitrogens with zero attached hydrogens (tertiary/aromatic N) is 1. The van der Waals surface area contributed by atoms with Crippen LogP contribution in [0, 0.1) is 6.92 Å². The zero-order chi connectivity index (χ0) is 22.8. The highest BCUT2D eigenvalue weighted by atomic mass is 16.5. The van der Waals surface area contributed by atoms with Crippen molar-refractivity contribution in [1.82, 2.24) is 0 Å². The van der Waals surface area contributed by atoms with Crippen LogP contribution >= 0.6 is 0 Å². The smallest absolute Gasteiger partial charge is 0.310 e. The Morgan fingerprint density at radius 2 is 1.15 bits per heavy atom. The van der Waals surface area contributed by atoms with Crippen LogP contribution in [0.25, 0.3) is 21.5 Å². The number of ether oxygens (including phenoxy) is 1. The van der Waals surface area contributed by atoms with E-state index in [4.69, 9.17) is 4.74 Å². The molecule has 0 amide bonds. The lowest BCUT2D eigenvalue weighted by atomic mass is 10.1. The van der Waals surface area contributed by atoms with E-state index >= 15 is 0 Å². The zero-order valence-corrected chi connectivity index (χ0v) is 18.8. The molecule has 5 rings (SSSR count). The number of aryl methyl sites for hydroxylation is 1. The summed E-state index contributed by atoms with van der Waals surface area (Å²) in [5.41, 5.74) is 4.07. The van der Waals surface area contributed by atoms with Gasteiger partial charge in [0.05, 0.1) is 0 Å². The molecule has 0 aliphatic rings. The number of rotatable bonds is 5. The Bertz CT molecular complexity index is 1390. The molecular formula is C30H25NO2. The Balaban J connectivity index is 1.66. The highest BCUT2D eigenvalue weighted by Crippen LogP contribution is 2.39. The van der Waals surface area contributed by atoms with Crippen molar-refractivity contribution in [3.63, 3.8) is 0 Å². The molecule has 3 nitrogen and oxygen atoms in total. The maximum atomic E-state index is 11.8. The Morgan fingerprint density at radius 1 is 0.667 bits per heavy atom. The number of carbonyl (C=O) groups is 1. The normalized spacial score (nSPS) is 11.0. The summed E-state index contributed by atoms with van der Waals surface area (Å²) in [6.45, 7) is 3.77. The summed E-state index contributed by atoms with van der Waals surface area (Å²) >= 11 is 0. The Morgan fingerprint density at radius 3 is 1.67 bits per heavy atom. The second kappa shape index (κ2) is 8.79. The van der Waals surface area contributed by atoms with Crippen LogP contribution in [0.5, 0.6) is 5.75 Å². The average Bonchev–Trinajstić information content (AvgIpc) is 2.85. The van der Waals surface area contributed by atoms with E-state index in [1.54, 1.807) is 6.92 Å². The summed E-state index contributed by atoms with van der Waals surface area (Å²) in [6, 6.07) is 35.8. The number of hydrogen-bond acceptors (Lipinski definition) is 3. The maximum Gasteiger partial charge on any atom is 0.310 e. The van der Waals surface area contributed by atoms with Gasteiger partial charge in [-0.2, -0.15) is 0 Å². The summed E-state index contributed by atoms with van der Waals surface area (Å²) in [5.74, 6) is 0.370. The molecule has 0 heterocycles. The third-order valence-electron chi connectivity index (χ3n) is 5.91. The largest absolute Gasteiger partial charge is 0.426 e. The SMILES string of the molecule is CCC(=O)Oc1ccc(N(c2ccc3ccccc3c2)c2ccc3ccccc3c2)cc1C. The lowest BCUT2D eigenvalue weighted by molar-refractivity contribution is -0.134. The number of esters is 1. The standard InChI is InChI=1S/C30H25NO2/c1-3-30(32)33-29-17-16-26(18-21(29)2)31(27-14-12-22-8-4-6-10-24(22)19-27)28-15-13-23-9-5-7-11-25(23)20-28/h4-20H,3H2,1-2H3. The number of hydrogen-bond donors (Lipinski definition) is 0. The van der Waals surface area contributed by atoms with Crippen molar-refractivity contribution in [1.29, 1.82) is 0 Å². The summed E-state index contributed by atoms with van der Waals surface area (Å²) in [4.78, 5) is 14.1. The molecule has 5 aromatic rings. The molecule has 0 saturated heterocycles. The predicted octanol–water partition coefficient (Wildman–Crippen LogP) is 8.09. The van der Waals surface area contributed by atoms with Gasteiger partial charge >= 0.3 is 5.97 Å². The minimum atomic E-state index is -0.230. The summed E-state index contributed by atoms with van der Waals surface area (Å²) in [6.07, 6.45) is 0.349. The molecule has 0 aliphatic heterocycles. The van der Waals surface area contributed by atoms with E-state index in [-0.39, 0.29) is 5.97 Å². The molecule has 0 bridgehead atoms. The van der Waals surface area contributed by atoms with Crippen molar-refractivity contribution in [2.24, 2.45) is 0 Å². The number of carbonyl (C=O) groups excluding carboxylic acids is 1. The van der Waals surface area contributed by atoms with E-state index in [0.717, 1.165) is 22.6 Å². The molecule has 0 fully saturated rings. The van der Waals surface area contributed by atoms with Gasteiger partial charge in [0.1, 0.15) is 5.75 Å². The average molecular weight is 432 g/mol. The fourth-order valence-electron chi connectivity index (χ4n) is 4.16. The predicted molar refractivity (Wildman–Crippen MR) is 137 cm³/mol. The Hall–Kier alpha value is -4.11. The fraction of sp³-hybridized carbons (Fsp3) is 0.100. The highest BCUT2D eigenvalue weighted by Gasteiger charge is 2.16. The minimum Gasteiger partial charge on any atom is -0.426 e. The quantitative estimate of drug-likeness (QED) is 0.208. The minimum absolute atomic E-state index is 0.230. The van der Waals surface area contributed by atoms with Gasteiger partial charge < -0.3 is 9.64 Å². The molecule has 162 valence electrons. The van der Waals surface area contributed by atoms with Crippen molar-refractivity contribution in [3.05, 3.63) is 109 Å². The van der Waals surface area contributed by atoms with E-state index < -0.39 is 0 Å². The topological polar surface area (TPSA) is 29.5 Å². The molecule has 33 heavy (non-hydrogen) atoms. The first-order valence-corrected chi connectivity index (χ1v) is 11.2. The van der Waals surface area contributed by atoms with Crippen molar-refractivity contribution >= 4 is 44.6 Å². The molecule has 0 aliphatic carbocycles. The second-order valence-electron chi connectivity index (χ2n) is 8.18. The van der Waals surface area contributed by atoms with Gasteiger partial charge in [0.2, 0.25) is 0 Å². The lowest BCUT2D eigenvalue weighted by Crippen LogP contribution is -2.11. The molecule has 0 spiro atoms. The summed E-state index contributed by atoms with van der Waals surface area (Å²) < 4.78 is 5.50. The van der Waals surface area contributed by atoms with Gasteiger partial charge in [-0.3, -0.25) is 4.79 Å². The first-order valence-electron chi connectivity index (χ1n) is 11.2. The van der Waals surface area contributed by atoms with Crippen molar-refractivity contribution in [3.8, 4) is 5.75 Å². The third-order valence-corrected chi connectivity index (χ3v) is 5.91. The zero-order valence-electron chi connectivity index (χ0n) is 18.8. The van der Waals surface area contributed by atoms with E-state index in [1.165, 1.54) is 21.5 Å². The first kappa shape index (κ1) is 20.8. The van der Waals surface area contributed by atoms with Gasteiger partial charge in [0.15, 0.2) is 0 Å². The molecule has 0 radical (unpaired) electrons. The van der Waals surface area contributed by atoms with Crippen LogP contribution in [-0.2, 0) is 4.79 Å². The van der Waals surface area contributed by atoms with Gasteiger partial charge in [0.25, 0.3) is 0 Å². The summed E-state index contributed by atoms with van der Waals surface area (Å²) in [7, 11) is 0. The monoisotopic (exact) mass is 431 g/mol. The van der Waals surface area contributed by atoms with Crippen LogP contribution in [0.15, 0.2) is 103 Å². The molecule has 0 N–H and O–H groups in total. The highest BCUT2D eigenvalue weighted by molar-refractivity contribution is 5.92. The fourth-order valence-corrected chi connectivity index (χ4v) is 4.16. The summed E-state index contributed by atoms with van der Waals surface area (Å²) in [5, 5.41) is 4.78. The Labute approximate surface area is 193 Å². The molecule has 0 atom stereocenters. The Kier molecular flexibility index (Phi) is 5.54. The van der Waals surface area contributed by atoms with Crippen LogP contribution in [0.3, 0.4) is 0 Å². The molecule has 0 aromatic heterocycles. The molecule has 5 aromatic carbocycles. The van der Waals surface area contributed by atoms with Gasteiger partial charge in [-0.1, -0.05) is 67.6 Å². The lowest BCUT2D eigenvalue weighted by Gasteiger charge is -2.27. The van der Waals surface area contributed by atoms with Gasteiger partial charge in [0, 0.05) is 23.5 Å². The maximum absolute atomic E-state index is 11.8. The van der Waals surface area contributed by atoms with Gasteiger partial charge in [-0.15, -0.1) is 0 Å². The van der Waals surface area contributed by atoms with E-state index in [2.05, 4.69) is 95.9 Å². The van der Waals surface area contributed by atoms with Crippen LogP contribution in [0.1, 0.15) is 18.9 Å². The third kappa shape index (κ3) is 4.18. The molecule has 3 heteroatoms. The van der Waals surface area contributed by atoms with Gasteiger partial charge in [-0.25, -0.2) is 0 Å². The van der Waals surface area contributed by atoms with E-state index in [9.17, 15) is 4.79 Å². The van der Waals surface area contributed by atoms with Gasteiger partial charge in [-0.05, 0) is 76.5 Å². The van der Waals surface area contributed by atoms with Crippen LogP contribution in [0.2, 0.25) is 0 Å². The van der Waals surface area contributed by atoms with Crippen molar-refractivity contribution in [2.45, 2.75) is 20.3 Å². The van der Waals surface area contributed by atoms with Crippen LogP contribution in [0.4, 0.5) is 17.1 Å².